The van der Waals surface area contributed by atoms with E-state index in [1.54, 1.807) is 19.1 Å². The predicted molar refractivity (Wildman–Crippen MR) is 154 cm³/mol. The van der Waals surface area contributed by atoms with Gasteiger partial charge in [-0.15, -0.1) is 0 Å². The number of rotatable bonds is 10. The number of aliphatic hydroxyl groups excluding tert-OH is 3. The molecule has 0 bridgehead atoms. The fourth-order valence-corrected chi connectivity index (χ4v) is 5.50. The summed E-state index contributed by atoms with van der Waals surface area (Å²) in [6, 6.07) is 24.4. The van der Waals surface area contributed by atoms with Crippen molar-refractivity contribution in [3.05, 3.63) is 84.4 Å². The van der Waals surface area contributed by atoms with Crippen molar-refractivity contribution >= 4 is 5.97 Å². The number of aliphatic hydroxyl groups is 3. The van der Waals surface area contributed by atoms with E-state index < -0.39 is 55.0 Å². The second-order valence-electron chi connectivity index (χ2n) is 11.0. The van der Waals surface area contributed by atoms with Crippen LogP contribution < -0.4 is 9.47 Å². The summed E-state index contributed by atoms with van der Waals surface area (Å²) in [5, 5.41) is 40.7. The fourth-order valence-electron chi connectivity index (χ4n) is 5.50. The molecule has 2 fully saturated rings. The van der Waals surface area contributed by atoms with E-state index in [1.165, 1.54) is 0 Å². The Bertz CT molecular complexity index is 1300. The molecule has 1 saturated carbocycles. The first-order valence-electron chi connectivity index (χ1n) is 14.4. The summed E-state index contributed by atoms with van der Waals surface area (Å²) in [5.41, 5.74) is 2.57. The SMILES string of the molecule is C[C@@H]1O[C@@H](O[C@@H]2CCCC[C@H]2Oc2cc(OC(Cc3ccccc3)C(=O)O)cc(-c3ccccc3)c2)[C@@H](O)[C@H](O)[C@@H]1O. The molecule has 9 heteroatoms. The quantitative estimate of drug-likeness (QED) is 0.282. The van der Waals surface area contributed by atoms with Gasteiger partial charge in [-0.2, -0.15) is 0 Å². The molecule has 0 radical (unpaired) electrons. The van der Waals surface area contributed by atoms with E-state index in [2.05, 4.69) is 0 Å². The summed E-state index contributed by atoms with van der Waals surface area (Å²) in [7, 11) is 0. The van der Waals surface area contributed by atoms with E-state index in [0.717, 1.165) is 29.5 Å². The minimum atomic E-state index is -1.40. The molecule has 0 aromatic heterocycles. The smallest absolute Gasteiger partial charge is 0.345 e. The molecule has 1 aliphatic heterocycles. The highest BCUT2D eigenvalue weighted by molar-refractivity contribution is 5.74. The van der Waals surface area contributed by atoms with Crippen molar-refractivity contribution in [1.82, 2.24) is 0 Å². The van der Waals surface area contributed by atoms with Crippen molar-refractivity contribution in [3.8, 4) is 22.6 Å². The number of ether oxygens (including phenoxy) is 4. The number of hydrogen-bond acceptors (Lipinski definition) is 8. The van der Waals surface area contributed by atoms with Crippen LogP contribution in [0.4, 0.5) is 0 Å². The summed E-state index contributed by atoms with van der Waals surface area (Å²) in [6.45, 7) is 1.61. The second kappa shape index (κ2) is 13.7. The summed E-state index contributed by atoms with van der Waals surface area (Å²) >= 11 is 0. The monoisotopic (exact) mass is 578 g/mol. The Labute approximate surface area is 245 Å². The predicted octanol–water partition coefficient (Wildman–Crippen LogP) is 3.96. The number of hydrogen-bond donors (Lipinski definition) is 4. The van der Waals surface area contributed by atoms with Crippen molar-refractivity contribution in [2.75, 3.05) is 0 Å². The van der Waals surface area contributed by atoms with Crippen LogP contribution in [-0.4, -0.2) is 75.4 Å². The number of benzene rings is 3. The van der Waals surface area contributed by atoms with E-state index >= 15 is 0 Å². The summed E-state index contributed by atoms with van der Waals surface area (Å²) in [5.74, 6) is -0.218. The Morgan fingerprint density at radius 1 is 0.833 bits per heavy atom. The van der Waals surface area contributed by atoms with E-state index in [1.807, 2.05) is 66.7 Å². The van der Waals surface area contributed by atoms with Gasteiger partial charge in [-0.05, 0) is 55.0 Å². The van der Waals surface area contributed by atoms with Crippen LogP contribution in [0.3, 0.4) is 0 Å². The highest BCUT2D eigenvalue weighted by atomic mass is 16.7. The molecular formula is C33H38O9. The first-order valence-corrected chi connectivity index (χ1v) is 14.4. The van der Waals surface area contributed by atoms with Crippen LogP contribution in [0.2, 0.25) is 0 Å². The molecule has 4 N–H and O–H groups in total. The largest absolute Gasteiger partial charge is 0.488 e. The van der Waals surface area contributed by atoms with E-state index in [0.29, 0.717) is 24.3 Å². The third-order valence-electron chi connectivity index (χ3n) is 7.85. The molecule has 0 amide bonds. The Morgan fingerprint density at radius 2 is 1.48 bits per heavy atom. The maximum absolute atomic E-state index is 12.2. The Morgan fingerprint density at radius 3 is 2.17 bits per heavy atom. The van der Waals surface area contributed by atoms with Crippen LogP contribution in [0.1, 0.15) is 38.2 Å². The van der Waals surface area contributed by atoms with Gasteiger partial charge in [0.1, 0.15) is 35.9 Å². The topological polar surface area (TPSA) is 135 Å². The number of carbonyl (C=O) groups is 1. The van der Waals surface area contributed by atoms with Crippen molar-refractivity contribution in [3.63, 3.8) is 0 Å². The average Bonchev–Trinajstić information content (AvgIpc) is 3.00. The number of carboxylic acid groups (broad SMARTS) is 1. The van der Waals surface area contributed by atoms with E-state index in [9.17, 15) is 25.2 Å². The fraction of sp³-hybridized carbons (Fsp3) is 0.424. The third kappa shape index (κ3) is 7.29. The lowest BCUT2D eigenvalue weighted by molar-refractivity contribution is -0.311. The molecule has 5 rings (SSSR count). The van der Waals surface area contributed by atoms with Crippen LogP contribution >= 0.6 is 0 Å². The zero-order valence-electron chi connectivity index (χ0n) is 23.5. The van der Waals surface area contributed by atoms with Crippen LogP contribution in [-0.2, 0) is 20.7 Å². The van der Waals surface area contributed by atoms with Gasteiger partial charge in [0.25, 0.3) is 0 Å². The van der Waals surface area contributed by atoms with Crippen molar-refractivity contribution in [2.45, 2.75) is 88.0 Å². The van der Waals surface area contributed by atoms with Gasteiger partial charge in [-0.1, -0.05) is 67.1 Å². The summed E-state index contributed by atoms with van der Waals surface area (Å²) in [4.78, 5) is 12.2. The molecule has 3 aromatic carbocycles. The number of aliphatic carboxylic acids is 1. The van der Waals surface area contributed by atoms with Gasteiger partial charge in [-0.25, -0.2) is 4.79 Å². The number of carboxylic acids is 1. The molecule has 42 heavy (non-hydrogen) atoms. The maximum atomic E-state index is 12.2. The lowest BCUT2D eigenvalue weighted by Gasteiger charge is -2.42. The third-order valence-corrected chi connectivity index (χ3v) is 7.85. The van der Waals surface area contributed by atoms with Crippen molar-refractivity contribution in [2.24, 2.45) is 0 Å². The van der Waals surface area contributed by atoms with Crippen molar-refractivity contribution in [1.29, 1.82) is 0 Å². The Kier molecular flexibility index (Phi) is 9.76. The zero-order chi connectivity index (χ0) is 29.6. The van der Waals surface area contributed by atoms with Gasteiger partial charge in [0, 0.05) is 12.5 Å². The van der Waals surface area contributed by atoms with Crippen LogP contribution in [0.25, 0.3) is 11.1 Å². The lowest BCUT2D eigenvalue weighted by atomic mass is 9.94. The molecule has 1 aliphatic carbocycles. The molecule has 1 heterocycles. The standard InChI is InChI=1S/C33H38O9/c1-20-29(34)30(35)31(36)33(39-20)42-27-15-9-8-14-26(27)40-24-17-23(22-12-6-3-7-13-22)18-25(19-24)41-28(32(37)38)16-21-10-4-2-5-11-21/h2-7,10-13,17-20,26-31,33-36H,8-9,14-16H2,1H3,(H,37,38)/t20-,26+,27+,28?,29+,30+,31-,33-/m0/s1. The first-order chi connectivity index (χ1) is 20.3. The molecule has 0 spiro atoms. The lowest BCUT2D eigenvalue weighted by Crippen LogP contribution is -2.58. The van der Waals surface area contributed by atoms with E-state index in [-0.39, 0.29) is 6.42 Å². The molecule has 9 nitrogen and oxygen atoms in total. The van der Waals surface area contributed by atoms with Crippen LogP contribution in [0.15, 0.2) is 78.9 Å². The highest BCUT2D eigenvalue weighted by Gasteiger charge is 2.44. The molecule has 1 unspecified atom stereocenters. The Balaban J connectivity index is 1.38. The average molecular weight is 579 g/mol. The van der Waals surface area contributed by atoms with Crippen molar-refractivity contribution < 1.29 is 44.2 Å². The van der Waals surface area contributed by atoms with Gasteiger partial charge in [-0.3, -0.25) is 0 Å². The van der Waals surface area contributed by atoms with Gasteiger partial charge < -0.3 is 39.4 Å². The minimum absolute atomic E-state index is 0.198. The van der Waals surface area contributed by atoms with Gasteiger partial charge in [0.05, 0.1) is 12.2 Å². The zero-order valence-corrected chi connectivity index (χ0v) is 23.5. The molecular weight excluding hydrogens is 540 g/mol. The molecule has 1 saturated heterocycles. The second-order valence-corrected chi connectivity index (χ2v) is 11.0. The summed E-state index contributed by atoms with van der Waals surface area (Å²) < 4.78 is 24.4. The van der Waals surface area contributed by atoms with Gasteiger partial charge in [0.15, 0.2) is 12.4 Å². The van der Waals surface area contributed by atoms with Gasteiger partial charge in [0.2, 0.25) is 0 Å². The molecule has 8 atom stereocenters. The van der Waals surface area contributed by atoms with Gasteiger partial charge >= 0.3 is 5.97 Å². The van der Waals surface area contributed by atoms with E-state index in [4.69, 9.17) is 18.9 Å². The minimum Gasteiger partial charge on any atom is -0.488 e. The molecule has 3 aromatic rings. The van der Waals surface area contributed by atoms with Crippen LogP contribution in [0.5, 0.6) is 11.5 Å². The summed E-state index contributed by atoms with van der Waals surface area (Å²) in [6.07, 6.45) is -4.43. The molecule has 224 valence electrons. The van der Waals surface area contributed by atoms with Crippen LogP contribution in [0, 0.1) is 0 Å². The first kappa shape index (κ1) is 30.0. The Hall–Kier alpha value is -3.47. The molecule has 2 aliphatic rings. The maximum Gasteiger partial charge on any atom is 0.345 e. The normalized spacial score (nSPS) is 28.5. The highest BCUT2D eigenvalue weighted by Crippen LogP contribution is 2.35.